The van der Waals surface area contributed by atoms with Crippen LogP contribution in [0.1, 0.15) is 31.4 Å². The number of aliphatic hydroxyl groups excluding tert-OH is 1. The Kier molecular flexibility index (Phi) is 5.30. The van der Waals surface area contributed by atoms with Gasteiger partial charge in [0.1, 0.15) is 0 Å². The molecule has 1 aliphatic heterocycles. The van der Waals surface area contributed by atoms with E-state index in [-0.39, 0.29) is 11.9 Å². The minimum atomic E-state index is -0.446. The quantitative estimate of drug-likeness (QED) is 0.822. The van der Waals surface area contributed by atoms with Crippen molar-refractivity contribution in [2.24, 2.45) is 0 Å². The van der Waals surface area contributed by atoms with Crippen LogP contribution in [-0.4, -0.2) is 65.6 Å². The molecule has 23 heavy (non-hydrogen) atoms. The van der Waals surface area contributed by atoms with Crippen molar-refractivity contribution in [1.82, 2.24) is 15.1 Å². The van der Waals surface area contributed by atoms with Crippen molar-refractivity contribution >= 4 is 5.91 Å². The lowest BCUT2D eigenvalue weighted by molar-refractivity contribution is -0.126. The maximum atomic E-state index is 12.1. The van der Waals surface area contributed by atoms with E-state index in [9.17, 15) is 9.90 Å². The van der Waals surface area contributed by atoms with Gasteiger partial charge in [-0.1, -0.05) is 30.3 Å². The first-order valence-corrected chi connectivity index (χ1v) is 8.63. The molecular formula is C18H27N3O2. The molecule has 1 amide bonds. The third kappa shape index (κ3) is 4.53. The summed E-state index contributed by atoms with van der Waals surface area (Å²) in [5.74, 6) is 0.158. The molecule has 3 rings (SSSR count). The molecule has 2 fully saturated rings. The van der Waals surface area contributed by atoms with Crippen LogP contribution in [0.15, 0.2) is 30.3 Å². The van der Waals surface area contributed by atoms with E-state index in [1.807, 2.05) is 37.3 Å². The van der Waals surface area contributed by atoms with Crippen LogP contribution in [0.4, 0.5) is 0 Å². The number of amides is 1. The average Bonchev–Trinajstić information content (AvgIpc) is 3.39. The number of hydrogen-bond acceptors (Lipinski definition) is 4. The zero-order valence-corrected chi connectivity index (χ0v) is 13.8. The van der Waals surface area contributed by atoms with Gasteiger partial charge >= 0.3 is 0 Å². The third-order valence-corrected chi connectivity index (χ3v) is 4.87. The number of carbonyl (C=O) groups excluding carboxylic acids is 1. The van der Waals surface area contributed by atoms with Crippen molar-refractivity contribution in [2.75, 3.05) is 32.7 Å². The normalized spacial score (nSPS) is 22.5. The summed E-state index contributed by atoms with van der Waals surface area (Å²) in [6, 6.07) is 10.2. The lowest BCUT2D eigenvalue weighted by Crippen LogP contribution is -2.54. The van der Waals surface area contributed by atoms with Gasteiger partial charge in [-0.05, 0) is 25.3 Å². The maximum absolute atomic E-state index is 12.1. The molecule has 1 heterocycles. The van der Waals surface area contributed by atoms with Gasteiger partial charge < -0.3 is 10.4 Å². The molecule has 1 saturated carbocycles. The molecule has 2 atom stereocenters. The number of piperazine rings is 1. The van der Waals surface area contributed by atoms with Crippen LogP contribution in [-0.2, 0) is 4.79 Å². The smallest absolute Gasteiger partial charge is 0.237 e. The van der Waals surface area contributed by atoms with E-state index in [1.165, 1.54) is 0 Å². The molecule has 1 aromatic carbocycles. The van der Waals surface area contributed by atoms with Crippen molar-refractivity contribution in [3.8, 4) is 0 Å². The topological polar surface area (TPSA) is 55.8 Å². The van der Waals surface area contributed by atoms with Crippen LogP contribution in [0.25, 0.3) is 0 Å². The van der Waals surface area contributed by atoms with Crippen LogP contribution in [0.3, 0.4) is 0 Å². The Labute approximate surface area is 138 Å². The average molecular weight is 317 g/mol. The van der Waals surface area contributed by atoms with E-state index in [4.69, 9.17) is 0 Å². The summed E-state index contributed by atoms with van der Waals surface area (Å²) in [5.41, 5.74) is 0.965. The minimum absolute atomic E-state index is 0.0585. The highest BCUT2D eigenvalue weighted by atomic mass is 16.3. The van der Waals surface area contributed by atoms with Gasteiger partial charge in [0, 0.05) is 38.8 Å². The fraction of sp³-hybridized carbons (Fsp3) is 0.611. The van der Waals surface area contributed by atoms with Crippen LogP contribution in [0, 0.1) is 0 Å². The van der Waals surface area contributed by atoms with Gasteiger partial charge in [0.05, 0.1) is 12.1 Å². The van der Waals surface area contributed by atoms with Gasteiger partial charge in [-0.2, -0.15) is 0 Å². The van der Waals surface area contributed by atoms with Crippen LogP contribution < -0.4 is 5.32 Å². The van der Waals surface area contributed by atoms with Gasteiger partial charge in [-0.3, -0.25) is 14.6 Å². The fourth-order valence-corrected chi connectivity index (χ4v) is 3.07. The summed E-state index contributed by atoms with van der Waals surface area (Å²) in [7, 11) is 0. The first-order valence-electron chi connectivity index (χ1n) is 8.63. The molecule has 0 spiro atoms. The van der Waals surface area contributed by atoms with E-state index >= 15 is 0 Å². The molecular weight excluding hydrogens is 290 g/mol. The minimum Gasteiger partial charge on any atom is -0.387 e. The van der Waals surface area contributed by atoms with E-state index in [0.29, 0.717) is 12.6 Å². The van der Waals surface area contributed by atoms with E-state index in [2.05, 4.69) is 15.1 Å². The molecule has 126 valence electrons. The van der Waals surface area contributed by atoms with E-state index in [1.54, 1.807) is 0 Å². The fourth-order valence-electron chi connectivity index (χ4n) is 3.07. The SMILES string of the molecule is CC(C(=O)NC1CC1)N1CCN(CC(O)c2ccccc2)CC1. The van der Waals surface area contributed by atoms with E-state index < -0.39 is 6.10 Å². The number of nitrogens with one attached hydrogen (secondary N) is 1. The summed E-state index contributed by atoms with van der Waals surface area (Å²) in [6.45, 7) is 6.18. The molecule has 1 saturated heterocycles. The Balaban J connectivity index is 1.43. The van der Waals surface area contributed by atoms with Crippen molar-refractivity contribution in [3.05, 3.63) is 35.9 Å². The van der Waals surface area contributed by atoms with Crippen molar-refractivity contribution in [2.45, 2.75) is 38.0 Å². The summed E-state index contributed by atoms with van der Waals surface area (Å²) < 4.78 is 0. The molecule has 2 unspecified atom stereocenters. The Morgan fingerprint density at radius 3 is 2.48 bits per heavy atom. The maximum Gasteiger partial charge on any atom is 0.237 e. The Bertz CT molecular complexity index is 510. The van der Waals surface area contributed by atoms with E-state index in [0.717, 1.165) is 44.6 Å². The number of hydrogen-bond donors (Lipinski definition) is 2. The lowest BCUT2D eigenvalue weighted by Gasteiger charge is -2.38. The zero-order chi connectivity index (χ0) is 16.2. The number of carbonyl (C=O) groups is 1. The monoisotopic (exact) mass is 317 g/mol. The summed E-state index contributed by atoms with van der Waals surface area (Å²) in [4.78, 5) is 16.6. The molecule has 0 aromatic heterocycles. The number of benzene rings is 1. The summed E-state index contributed by atoms with van der Waals surface area (Å²) in [6.07, 6.45) is 1.81. The predicted octanol–water partition coefficient (Wildman–Crippen LogP) is 1.00. The number of aliphatic hydroxyl groups is 1. The highest BCUT2D eigenvalue weighted by Crippen LogP contribution is 2.19. The van der Waals surface area contributed by atoms with Crippen molar-refractivity contribution in [3.63, 3.8) is 0 Å². The van der Waals surface area contributed by atoms with Gasteiger partial charge in [0.15, 0.2) is 0 Å². The molecule has 1 aromatic rings. The van der Waals surface area contributed by atoms with Gasteiger partial charge in [-0.15, -0.1) is 0 Å². The Hall–Kier alpha value is -1.43. The highest BCUT2D eigenvalue weighted by Gasteiger charge is 2.30. The Morgan fingerprint density at radius 2 is 1.87 bits per heavy atom. The number of rotatable bonds is 6. The predicted molar refractivity (Wildman–Crippen MR) is 90.0 cm³/mol. The van der Waals surface area contributed by atoms with Crippen LogP contribution >= 0.6 is 0 Å². The molecule has 2 aliphatic rings. The second-order valence-electron chi connectivity index (χ2n) is 6.72. The van der Waals surface area contributed by atoms with Crippen LogP contribution in [0.5, 0.6) is 0 Å². The second kappa shape index (κ2) is 7.43. The summed E-state index contributed by atoms with van der Waals surface area (Å²) >= 11 is 0. The second-order valence-corrected chi connectivity index (χ2v) is 6.72. The standard InChI is InChI=1S/C18H27N3O2/c1-14(18(23)19-16-7-8-16)21-11-9-20(10-12-21)13-17(22)15-5-3-2-4-6-15/h2-6,14,16-17,22H,7-13H2,1H3,(H,19,23). The number of nitrogens with zero attached hydrogens (tertiary/aromatic N) is 2. The van der Waals surface area contributed by atoms with Gasteiger partial charge in [0.2, 0.25) is 5.91 Å². The Morgan fingerprint density at radius 1 is 1.22 bits per heavy atom. The lowest BCUT2D eigenvalue weighted by atomic mass is 10.1. The number of β-amino-alcohol motifs (C(OH)–C–C–N with tert-alkyl or cyclic N) is 1. The van der Waals surface area contributed by atoms with Crippen molar-refractivity contribution in [1.29, 1.82) is 0 Å². The summed E-state index contributed by atoms with van der Waals surface area (Å²) in [5, 5.41) is 13.4. The molecule has 1 aliphatic carbocycles. The molecule has 5 nitrogen and oxygen atoms in total. The van der Waals surface area contributed by atoms with Gasteiger partial charge in [0.25, 0.3) is 0 Å². The zero-order valence-electron chi connectivity index (χ0n) is 13.8. The van der Waals surface area contributed by atoms with Crippen molar-refractivity contribution < 1.29 is 9.90 Å². The molecule has 2 N–H and O–H groups in total. The molecule has 0 bridgehead atoms. The van der Waals surface area contributed by atoms with Gasteiger partial charge in [-0.25, -0.2) is 0 Å². The molecule has 5 heteroatoms. The third-order valence-electron chi connectivity index (χ3n) is 4.87. The largest absolute Gasteiger partial charge is 0.387 e. The first-order chi connectivity index (χ1) is 11.1. The molecule has 0 radical (unpaired) electrons. The van der Waals surface area contributed by atoms with Crippen LogP contribution in [0.2, 0.25) is 0 Å². The highest BCUT2D eigenvalue weighted by molar-refractivity contribution is 5.81. The first kappa shape index (κ1) is 16.4.